The van der Waals surface area contributed by atoms with E-state index in [1.807, 2.05) is 83.1 Å². The van der Waals surface area contributed by atoms with Gasteiger partial charge in [-0.1, -0.05) is 42.0 Å². The summed E-state index contributed by atoms with van der Waals surface area (Å²) in [6.07, 6.45) is 3.39. The number of hydrogen-bond acceptors (Lipinski definition) is 8. The van der Waals surface area contributed by atoms with Crippen LogP contribution in [0.1, 0.15) is 33.7 Å². The van der Waals surface area contributed by atoms with Crippen LogP contribution in [0.2, 0.25) is 0 Å². The van der Waals surface area contributed by atoms with Crippen LogP contribution in [0.25, 0.3) is 11.3 Å². The zero-order valence-electron chi connectivity index (χ0n) is 23.7. The number of imidazole rings is 1. The van der Waals surface area contributed by atoms with Crippen LogP contribution in [0, 0.1) is 6.92 Å². The van der Waals surface area contributed by atoms with Gasteiger partial charge in [-0.25, -0.2) is 13.4 Å². The van der Waals surface area contributed by atoms with Crippen molar-refractivity contribution in [2.75, 3.05) is 26.6 Å². The number of nitrogens with zero attached hydrogens (tertiary/aromatic N) is 2. The summed E-state index contributed by atoms with van der Waals surface area (Å²) in [6, 6.07) is 22.2. The number of sulfonamides is 1. The van der Waals surface area contributed by atoms with E-state index in [0.717, 1.165) is 28.7 Å². The monoisotopic (exact) mass is 591 g/mol. The number of hydrogen-bond donors (Lipinski definition) is 1. The van der Waals surface area contributed by atoms with Crippen molar-refractivity contribution in [3.05, 3.63) is 102 Å². The number of methoxy groups -OCH3 is 1. The van der Waals surface area contributed by atoms with Crippen LogP contribution < -0.4 is 14.2 Å². The molecule has 0 aliphatic heterocycles. The van der Waals surface area contributed by atoms with Gasteiger partial charge in [0.25, 0.3) is 5.91 Å². The summed E-state index contributed by atoms with van der Waals surface area (Å²) in [7, 11) is -2.02. The van der Waals surface area contributed by atoms with Gasteiger partial charge in [0.1, 0.15) is 18.1 Å². The van der Waals surface area contributed by atoms with Gasteiger partial charge in [-0.3, -0.25) is 14.3 Å². The van der Waals surface area contributed by atoms with Gasteiger partial charge in [-0.2, -0.15) is 0 Å². The Morgan fingerprint density at radius 1 is 0.976 bits per heavy atom. The zero-order valence-corrected chi connectivity index (χ0v) is 24.5. The number of aryl methyl sites for hydroxylation is 2. The average Bonchev–Trinajstić information content (AvgIpc) is 3.39. The maximum atomic E-state index is 13.4. The minimum Gasteiger partial charge on any atom is -0.497 e. The highest BCUT2D eigenvalue weighted by Gasteiger charge is 2.19. The predicted octanol–water partition coefficient (Wildman–Crippen LogP) is 4.16. The second-order valence-corrected chi connectivity index (χ2v) is 11.5. The number of carbonyl (C=O) groups is 2. The third-order valence-corrected chi connectivity index (χ3v) is 6.79. The summed E-state index contributed by atoms with van der Waals surface area (Å²) in [5.41, 5.74) is 3.96. The quantitative estimate of drug-likeness (QED) is 0.171. The molecule has 0 saturated carbocycles. The molecule has 0 spiro atoms. The lowest BCUT2D eigenvalue weighted by Crippen LogP contribution is -2.32. The average molecular weight is 592 g/mol. The number of rotatable bonds is 14. The van der Waals surface area contributed by atoms with Crippen molar-refractivity contribution < 1.29 is 32.2 Å². The number of nitrogens with one attached hydrogen (secondary N) is 1. The standard InChI is InChI=1S/C31H33N3O7S/c1-22-8-10-25(11-9-22)30(36)31-32-28(24-12-14-26(39-2)15-13-24)19-34(31)16-5-17-41-27-7-4-6-23(18-27)20-40-21-29(35)33-42(3,37)38/h4,6-15,18-19H,5,16-17,20-21H2,1-3H3,(H,33,35). The Bertz CT molecular complexity index is 1630. The molecule has 0 bridgehead atoms. The third-order valence-electron chi connectivity index (χ3n) is 6.19. The second-order valence-electron chi connectivity index (χ2n) is 9.71. The molecule has 0 radical (unpaired) electrons. The van der Waals surface area contributed by atoms with Crippen LogP contribution in [0.4, 0.5) is 0 Å². The van der Waals surface area contributed by atoms with E-state index >= 15 is 0 Å². The molecule has 11 heteroatoms. The first kappa shape index (κ1) is 30.5. The topological polar surface area (TPSA) is 126 Å². The molecule has 0 atom stereocenters. The van der Waals surface area contributed by atoms with E-state index in [9.17, 15) is 18.0 Å². The molecule has 0 unspecified atom stereocenters. The van der Waals surface area contributed by atoms with Crippen LogP contribution in [0.15, 0.2) is 79.0 Å². The fraction of sp³-hybridized carbons (Fsp3) is 0.258. The number of amides is 1. The number of carbonyl (C=O) groups excluding carboxylic acids is 2. The smallest absolute Gasteiger partial charge is 0.259 e. The minimum atomic E-state index is -3.63. The molecule has 220 valence electrons. The Morgan fingerprint density at radius 3 is 2.40 bits per heavy atom. The van der Waals surface area contributed by atoms with Crippen LogP contribution in [0.3, 0.4) is 0 Å². The fourth-order valence-electron chi connectivity index (χ4n) is 4.15. The Morgan fingerprint density at radius 2 is 1.71 bits per heavy atom. The molecule has 3 aromatic carbocycles. The molecule has 4 aromatic rings. The lowest BCUT2D eigenvalue weighted by molar-refractivity contribution is -0.124. The molecule has 42 heavy (non-hydrogen) atoms. The third kappa shape index (κ3) is 8.76. The molecular formula is C31H33N3O7S. The number of aromatic nitrogens is 2. The van der Waals surface area contributed by atoms with Crippen LogP contribution in [-0.2, 0) is 32.7 Å². The molecule has 10 nitrogen and oxygen atoms in total. The second kappa shape index (κ2) is 13.9. The maximum Gasteiger partial charge on any atom is 0.259 e. The summed E-state index contributed by atoms with van der Waals surface area (Å²) in [5.74, 6) is 0.814. The lowest BCUT2D eigenvalue weighted by Gasteiger charge is -2.10. The summed E-state index contributed by atoms with van der Waals surface area (Å²) < 4.78 is 42.5. The van der Waals surface area contributed by atoms with E-state index in [4.69, 9.17) is 19.2 Å². The molecule has 0 aliphatic rings. The zero-order chi connectivity index (χ0) is 30.1. The van der Waals surface area contributed by atoms with Gasteiger partial charge in [0.2, 0.25) is 15.8 Å². The molecule has 4 rings (SSSR count). The Hall–Kier alpha value is -4.48. The lowest BCUT2D eigenvalue weighted by atomic mass is 10.1. The Kier molecular flexibility index (Phi) is 10.1. The first-order valence-corrected chi connectivity index (χ1v) is 15.1. The number of ketones is 1. The Labute approximate surface area is 245 Å². The highest BCUT2D eigenvalue weighted by molar-refractivity contribution is 7.89. The van der Waals surface area contributed by atoms with Crippen molar-refractivity contribution >= 4 is 21.7 Å². The molecular weight excluding hydrogens is 558 g/mol. The summed E-state index contributed by atoms with van der Waals surface area (Å²) in [4.78, 5) is 29.7. The van der Waals surface area contributed by atoms with Gasteiger partial charge in [-0.05, 0) is 55.3 Å². The van der Waals surface area contributed by atoms with Gasteiger partial charge in [0, 0.05) is 23.9 Å². The molecule has 0 aliphatic carbocycles. The molecule has 1 amide bonds. The summed E-state index contributed by atoms with van der Waals surface area (Å²) >= 11 is 0. The van der Waals surface area contributed by atoms with Crippen molar-refractivity contribution in [3.8, 4) is 22.8 Å². The van der Waals surface area contributed by atoms with E-state index < -0.39 is 15.9 Å². The van der Waals surface area contributed by atoms with Crippen molar-refractivity contribution in [1.29, 1.82) is 0 Å². The van der Waals surface area contributed by atoms with Crippen molar-refractivity contribution in [2.45, 2.75) is 26.5 Å². The fourth-order valence-corrected chi connectivity index (χ4v) is 4.62. The van der Waals surface area contributed by atoms with E-state index in [-0.39, 0.29) is 19.0 Å². The van der Waals surface area contributed by atoms with Crippen LogP contribution >= 0.6 is 0 Å². The van der Waals surface area contributed by atoms with Gasteiger partial charge in [0.05, 0.1) is 32.3 Å². The van der Waals surface area contributed by atoms with E-state index in [1.165, 1.54) is 0 Å². The van der Waals surface area contributed by atoms with Gasteiger partial charge in [0.15, 0.2) is 5.82 Å². The van der Waals surface area contributed by atoms with Crippen molar-refractivity contribution in [1.82, 2.24) is 14.3 Å². The van der Waals surface area contributed by atoms with Gasteiger partial charge in [-0.15, -0.1) is 0 Å². The molecule has 0 saturated heterocycles. The van der Waals surface area contributed by atoms with E-state index in [1.54, 1.807) is 19.2 Å². The van der Waals surface area contributed by atoms with Crippen molar-refractivity contribution in [3.63, 3.8) is 0 Å². The van der Waals surface area contributed by atoms with E-state index in [2.05, 4.69) is 0 Å². The molecule has 1 N–H and O–H groups in total. The Balaban J connectivity index is 1.39. The highest BCUT2D eigenvalue weighted by Crippen LogP contribution is 2.24. The highest BCUT2D eigenvalue weighted by atomic mass is 32.2. The first-order valence-electron chi connectivity index (χ1n) is 13.2. The van der Waals surface area contributed by atoms with E-state index in [0.29, 0.717) is 42.4 Å². The number of ether oxygens (including phenoxy) is 3. The normalized spacial score (nSPS) is 11.2. The predicted molar refractivity (Wildman–Crippen MR) is 158 cm³/mol. The largest absolute Gasteiger partial charge is 0.497 e. The summed E-state index contributed by atoms with van der Waals surface area (Å²) in [5, 5.41) is 0. The molecule has 0 fully saturated rings. The van der Waals surface area contributed by atoms with Crippen LogP contribution in [0.5, 0.6) is 11.5 Å². The molecule has 1 heterocycles. The number of benzene rings is 3. The molecule has 1 aromatic heterocycles. The van der Waals surface area contributed by atoms with Gasteiger partial charge >= 0.3 is 0 Å². The maximum absolute atomic E-state index is 13.4. The minimum absolute atomic E-state index is 0.113. The SMILES string of the molecule is COc1ccc(-c2cn(CCCOc3cccc(COCC(=O)NS(C)(=O)=O)c3)c(C(=O)c3ccc(C)cc3)n2)cc1. The van der Waals surface area contributed by atoms with Gasteiger partial charge < -0.3 is 18.8 Å². The first-order chi connectivity index (χ1) is 20.1. The van der Waals surface area contributed by atoms with Crippen LogP contribution in [-0.4, -0.2) is 56.2 Å². The van der Waals surface area contributed by atoms with Crippen molar-refractivity contribution in [2.24, 2.45) is 0 Å². The summed E-state index contributed by atoms with van der Waals surface area (Å²) in [6.45, 7) is 2.59.